The van der Waals surface area contributed by atoms with Gasteiger partial charge in [0.05, 0.1) is 0 Å². The van der Waals surface area contributed by atoms with Gasteiger partial charge in [0.15, 0.2) is 0 Å². The summed E-state index contributed by atoms with van der Waals surface area (Å²) in [6.07, 6.45) is 0. The molecular weight excluding hydrogens is 271 g/mol. The molecule has 1 heterocycles. The molecule has 3 rings (SSSR count). The summed E-state index contributed by atoms with van der Waals surface area (Å²) in [7, 11) is -2.17. The first-order valence-electron chi connectivity index (χ1n) is 7.12. The Hall–Kier alpha value is -1.41. The van der Waals surface area contributed by atoms with Crippen LogP contribution < -0.4 is 0 Å². The van der Waals surface area contributed by atoms with Crippen LogP contribution >= 0.6 is 0 Å². The molecule has 1 amide bonds. The molecule has 0 unspecified atom stereocenters. The number of carbonyl (C=O) groups excluding carboxylic acids is 1. The Bertz CT molecular complexity index is 511. The normalized spacial score (nSPS) is 16.4. The summed E-state index contributed by atoms with van der Waals surface area (Å²) in [5.41, 5.74) is 3.31. The van der Waals surface area contributed by atoms with Gasteiger partial charge in [-0.3, -0.25) is 9.69 Å². The lowest BCUT2D eigenvalue weighted by Gasteiger charge is -2.36. The molecule has 6 nitrogen and oxygen atoms in total. The Morgan fingerprint density at radius 3 is 2.10 bits per heavy atom. The van der Waals surface area contributed by atoms with Gasteiger partial charge < -0.3 is 20.0 Å². The van der Waals surface area contributed by atoms with Gasteiger partial charge in [0.25, 0.3) is 5.91 Å². The van der Waals surface area contributed by atoms with Gasteiger partial charge in [-0.25, -0.2) is 0 Å². The fourth-order valence-electron chi connectivity index (χ4n) is 2.55. The van der Waals surface area contributed by atoms with Crippen LogP contribution in [0.1, 0.15) is 24.2 Å². The van der Waals surface area contributed by atoms with Crippen molar-refractivity contribution in [1.82, 2.24) is 9.80 Å². The van der Waals surface area contributed by atoms with Crippen LogP contribution in [-0.4, -0.2) is 70.3 Å². The third kappa shape index (κ3) is 4.04. The largest absolute Gasteiger partial charge is 0.631 e. The molecule has 3 N–H and O–H groups in total. The smallest absolute Gasteiger partial charge is 0.402 e. The Balaban J connectivity index is 0.000000361. The van der Waals surface area contributed by atoms with Gasteiger partial charge in [-0.2, -0.15) is 0 Å². The zero-order valence-electron chi connectivity index (χ0n) is 12.4. The van der Waals surface area contributed by atoms with Crippen LogP contribution in [0.15, 0.2) is 18.2 Å². The van der Waals surface area contributed by atoms with E-state index in [4.69, 9.17) is 15.1 Å². The lowest BCUT2D eigenvalue weighted by molar-refractivity contribution is 0.0597. The summed E-state index contributed by atoms with van der Waals surface area (Å²) < 4.78 is 0. The van der Waals surface area contributed by atoms with Crippen molar-refractivity contribution in [3.63, 3.8) is 0 Å². The van der Waals surface area contributed by atoms with E-state index < -0.39 is 7.32 Å². The summed E-state index contributed by atoms with van der Waals surface area (Å²) in [6.45, 7) is 8.13. The second-order valence-corrected chi connectivity index (χ2v) is 5.53. The molecule has 0 bridgehead atoms. The molecule has 7 heteroatoms. The third-order valence-electron chi connectivity index (χ3n) is 3.81. The average Bonchev–Trinajstić information content (AvgIpc) is 3.08. The first-order chi connectivity index (χ1) is 9.90. The molecule has 0 saturated carbocycles. The highest BCUT2D eigenvalue weighted by atomic mass is 16.5. The summed E-state index contributed by atoms with van der Waals surface area (Å²) in [6, 6.07) is 6.66. The van der Waals surface area contributed by atoms with Gasteiger partial charge in [0, 0.05) is 37.8 Å². The molecule has 2 aliphatic carbocycles. The van der Waals surface area contributed by atoms with Gasteiger partial charge >= 0.3 is 7.32 Å². The minimum atomic E-state index is -2.17. The molecular formula is C14H21BN2O4. The highest BCUT2D eigenvalue weighted by Gasteiger charge is 2.28. The van der Waals surface area contributed by atoms with Gasteiger partial charge in [-0.15, -0.1) is 0 Å². The summed E-state index contributed by atoms with van der Waals surface area (Å²) in [4.78, 5) is 16.7. The molecule has 0 radical (unpaired) electrons. The molecule has 0 spiro atoms. The van der Waals surface area contributed by atoms with E-state index in [0.29, 0.717) is 6.04 Å². The van der Waals surface area contributed by atoms with Crippen molar-refractivity contribution >= 4 is 13.2 Å². The highest BCUT2D eigenvalue weighted by molar-refractivity contribution is 6.30. The lowest BCUT2D eigenvalue weighted by Crippen LogP contribution is -2.50. The van der Waals surface area contributed by atoms with Crippen molar-refractivity contribution < 1.29 is 19.9 Å². The van der Waals surface area contributed by atoms with E-state index in [1.807, 2.05) is 17.0 Å². The Kier molecular flexibility index (Phi) is 5.00. The minimum Gasteiger partial charge on any atom is -0.402 e. The minimum absolute atomic E-state index is 0.211. The van der Waals surface area contributed by atoms with Crippen LogP contribution in [-0.2, 0) is 0 Å². The van der Waals surface area contributed by atoms with Crippen molar-refractivity contribution in [2.45, 2.75) is 19.9 Å². The van der Waals surface area contributed by atoms with Crippen molar-refractivity contribution in [3.8, 4) is 11.1 Å². The monoisotopic (exact) mass is 292 g/mol. The van der Waals surface area contributed by atoms with E-state index in [-0.39, 0.29) is 5.91 Å². The molecule has 0 aromatic heterocycles. The first-order valence-corrected chi connectivity index (χ1v) is 7.12. The predicted octanol–water partition coefficient (Wildman–Crippen LogP) is -0.219. The van der Waals surface area contributed by atoms with Crippen LogP contribution in [0.3, 0.4) is 0 Å². The van der Waals surface area contributed by atoms with Crippen LogP contribution in [0, 0.1) is 0 Å². The van der Waals surface area contributed by atoms with Gasteiger partial charge in [-0.05, 0) is 37.1 Å². The van der Waals surface area contributed by atoms with E-state index in [1.54, 1.807) is 0 Å². The lowest BCUT2D eigenvalue weighted by atomic mass is 10.2. The van der Waals surface area contributed by atoms with Crippen molar-refractivity contribution in [2.75, 3.05) is 26.2 Å². The summed E-state index contributed by atoms with van der Waals surface area (Å²) in [5, 5.41) is 21.5. The predicted molar refractivity (Wildman–Crippen MR) is 80.5 cm³/mol. The maximum atomic E-state index is 12.3. The van der Waals surface area contributed by atoms with Crippen LogP contribution in [0.4, 0.5) is 0 Å². The topological polar surface area (TPSA) is 84.2 Å². The molecule has 114 valence electrons. The third-order valence-corrected chi connectivity index (χ3v) is 3.81. The fraction of sp³-hybridized carbons (Fsp3) is 0.500. The number of hydrogen-bond donors (Lipinski definition) is 3. The van der Waals surface area contributed by atoms with Crippen LogP contribution in [0.2, 0.25) is 0 Å². The highest BCUT2D eigenvalue weighted by Crippen LogP contribution is 2.38. The van der Waals surface area contributed by atoms with Crippen LogP contribution in [0.5, 0.6) is 0 Å². The van der Waals surface area contributed by atoms with Gasteiger partial charge in [0.1, 0.15) is 0 Å². The van der Waals surface area contributed by atoms with E-state index >= 15 is 0 Å². The second-order valence-electron chi connectivity index (χ2n) is 5.53. The van der Waals surface area contributed by atoms with Crippen molar-refractivity contribution in [2.24, 2.45) is 0 Å². The number of rotatable bonds is 2. The molecule has 3 aliphatic rings. The average molecular weight is 292 g/mol. The Morgan fingerprint density at radius 2 is 1.71 bits per heavy atom. The number of piperazine rings is 1. The molecule has 0 atom stereocenters. The van der Waals surface area contributed by atoms with Gasteiger partial charge in [0.2, 0.25) is 0 Å². The number of benzene rings is 1. The van der Waals surface area contributed by atoms with Crippen molar-refractivity contribution in [1.29, 1.82) is 0 Å². The number of fused-ring (bicyclic) bond motifs is 1. The molecule has 0 aromatic rings. The number of carbonyl (C=O) groups is 1. The van der Waals surface area contributed by atoms with Crippen molar-refractivity contribution in [3.05, 3.63) is 23.8 Å². The Labute approximate surface area is 124 Å². The molecule has 0 aromatic carbocycles. The van der Waals surface area contributed by atoms with E-state index in [9.17, 15) is 4.79 Å². The number of nitrogens with zero attached hydrogens (tertiary/aromatic N) is 2. The summed E-state index contributed by atoms with van der Waals surface area (Å²) in [5.74, 6) is 0.211. The standard InChI is InChI=1S/C14H18N2O.BH3O3/c1-10(2)15-5-7-16(8-6-15)14(17)12-4-3-11-9-13(11)12;2-1(3)4/h3-4,9-10H,5-8H2,1-2H3;2-4H. The maximum Gasteiger partial charge on any atom is 0.631 e. The first kappa shape index (κ1) is 16.0. The maximum absolute atomic E-state index is 12.3. The van der Waals surface area contributed by atoms with Gasteiger partial charge in [-0.1, -0.05) is 6.07 Å². The number of hydrogen-bond acceptors (Lipinski definition) is 5. The van der Waals surface area contributed by atoms with E-state index in [1.165, 1.54) is 11.1 Å². The van der Waals surface area contributed by atoms with E-state index in [2.05, 4.69) is 24.8 Å². The molecule has 1 saturated heterocycles. The zero-order chi connectivity index (χ0) is 15.6. The summed E-state index contributed by atoms with van der Waals surface area (Å²) >= 11 is 0. The Morgan fingerprint density at radius 1 is 1.14 bits per heavy atom. The van der Waals surface area contributed by atoms with E-state index in [0.717, 1.165) is 31.7 Å². The SMILES string of the molecule is CC(C)N1CCN(C(=O)c2ccc3cc2-3)CC1.OB(O)O. The second kappa shape index (κ2) is 6.57. The molecule has 1 fully saturated rings. The van der Waals surface area contributed by atoms with Crippen LogP contribution in [0.25, 0.3) is 11.1 Å². The zero-order valence-corrected chi connectivity index (χ0v) is 12.4. The number of amides is 1. The fourth-order valence-corrected chi connectivity index (χ4v) is 2.55. The quantitative estimate of drug-likeness (QED) is 0.667. The molecule has 21 heavy (non-hydrogen) atoms. The molecule has 1 aliphatic heterocycles.